The van der Waals surface area contributed by atoms with Crippen molar-refractivity contribution in [3.63, 3.8) is 0 Å². The van der Waals surface area contributed by atoms with Crippen molar-refractivity contribution in [3.8, 4) is 5.75 Å². The maximum absolute atomic E-state index is 13.1. The third-order valence-corrected chi connectivity index (χ3v) is 6.36. The van der Waals surface area contributed by atoms with Crippen LogP contribution in [0.5, 0.6) is 5.75 Å². The van der Waals surface area contributed by atoms with E-state index in [4.69, 9.17) is 4.74 Å². The third-order valence-electron chi connectivity index (χ3n) is 4.92. The van der Waals surface area contributed by atoms with E-state index in [1.54, 1.807) is 31.4 Å². The van der Waals surface area contributed by atoms with Crippen molar-refractivity contribution in [1.29, 1.82) is 0 Å². The predicted molar refractivity (Wildman–Crippen MR) is 109 cm³/mol. The van der Waals surface area contributed by atoms with Gasteiger partial charge in [-0.1, -0.05) is 30.3 Å². The first kappa shape index (κ1) is 17.7. The van der Waals surface area contributed by atoms with Gasteiger partial charge in [0.2, 0.25) is 0 Å². The summed E-state index contributed by atoms with van der Waals surface area (Å²) in [7, 11) is -2.15. The summed E-state index contributed by atoms with van der Waals surface area (Å²) in [6, 6.07) is 18.2. The average Bonchev–Trinajstić information content (AvgIpc) is 3.22. The van der Waals surface area contributed by atoms with Crippen molar-refractivity contribution in [3.05, 3.63) is 60.7 Å². The molecule has 0 aromatic heterocycles. The molecule has 3 aromatic rings. The summed E-state index contributed by atoms with van der Waals surface area (Å²) < 4.78 is 34.3. The van der Waals surface area contributed by atoms with Crippen molar-refractivity contribution in [2.75, 3.05) is 29.8 Å². The van der Waals surface area contributed by atoms with E-state index in [2.05, 4.69) is 9.62 Å². The Kier molecular flexibility index (Phi) is 4.66. The van der Waals surface area contributed by atoms with E-state index in [1.807, 2.05) is 36.4 Å². The zero-order valence-electron chi connectivity index (χ0n) is 15.2. The fourth-order valence-corrected chi connectivity index (χ4v) is 4.87. The molecule has 1 saturated heterocycles. The topological polar surface area (TPSA) is 58.6 Å². The Morgan fingerprint density at radius 3 is 2.41 bits per heavy atom. The Hall–Kier alpha value is -2.73. The van der Waals surface area contributed by atoms with Gasteiger partial charge in [0.05, 0.1) is 17.7 Å². The van der Waals surface area contributed by atoms with E-state index in [0.717, 1.165) is 24.2 Å². The quantitative estimate of drug-likeness (QED) is 0.717. The number of ether oxygens (including phenoxy) is 1. The van der Waals surface area contributed by atoms with E-state index in [-0.39, 0.29) is 4.90 Å². The smallest absolute Gasteiger partial charge is 0.262 e. The number of benzene rings is 3. The van der Waals surface area contributed by atoms with Crippen molar-refractivity contribution in [2.24, 2.45) is 0 Å². The summed E-state index contributed by atoms with van der Waals surface area (Å²) in [6.07, 6.45) is 2.35. The van der Waals surface area contributed by atoms with E-state index in [9.17, 15) is 8.42 Å². The molecule has 1 aliphatic rings. The molecule has 0 spiro atoms. The minimum atomic E-state index is -3.73. The zero-order valence-corrected chi connectivity index (χ0v) is 16.0. The minimum absolute atomic E-state index is 0.241. The number of sulfonamides is 1. The highest BCUT2D eigenvalue weighted by Gasteiger charge is 2.20. The number of nitrogens with zero attached hydrogens (tertiary/aromatic N) is 1. The van der Waals surface area contributed by atoms with Crippen LogP contribution in [0.2, 0.25) is 0 Å². The average molecular weight is 382 g/mol. The molecule has 27 heavy (non-hydrogen) atoms. The molecule has 1 N–H and O–H groups in total. The molecule has 0 aliphatic carbocycles. The lowest BCUT2D eigenvalue weighted by atomic mass is 10.1. The molecule has 0 atom stereocenters. The van der Waals surface area contributed by atoms with Gasteiger partial charge in [-0.05, 0) is 43.2 Å². The normalized spacial score (nSPS) is 14.5. The van der Waals surface area contributed by atoms with Crippen molar-refractivity contribution in [2.45, 2.75) is 17.7 Å². The second-order valence-corrected chi connectivity index (χ2v) is 8.31. The number of rotatable bonds is 5. The van der Waals surface area contributed by atoms with Crippen LogP contribution in [0.15, 0.2) is 65.6 Å². The molecule has 1 aliphatic heterocycles. The highest BCUT2D eigenvalue weighted by atomic mass is 32.2. The molecule has 0 amide bonds. The van der Waals surface area contributed by atoms with E-state index in [1.165, 1.54) is 12.8 Å². The molecule has 3 aromatic carbocycles. The number of methoxy groups -OCH3 is 1. The molecule has 4 rings (SSSR count). The summed E-state index contributed by atoms with van der Waals surface area (Å²) in [5.41, 5.74) is 1.62. The highest BCUT2D eigenvalue weighted by Crippen LogP contribution is 2.32. The first-order chi connectivity index (χ1) is 13.1. The second kappa shape index (κ2) is 7.12. The minimum Gasteiger partial charge on any atom is -0.496 e. The predicted octanol–water partition coefficient (Wildman–Crippen LogP) is 4.25. The maximum Gasteiger partial charge on any atom is 0.262 e. The lowest BCUT2D eigenvalue weighted by Gasteiger charge is -2.19. The highest BCUT2D eigenvalue weighted by molar-refractivity contribution is 7.93. The van der Waals surface area contributed by atoms with Gasteiger partial charge in [-0.3, -0.25) is 4.72 Å². The molecule has 6 heteroatoms. The van der Waals surface area contributed by atoms with Gasteiger partial charge in [-0.25, -0.2) is 8.42 Å². The molecule has 0 radical (unpaired) electrons. The monoisotopic (exact) mass is 382 g/mol. The van der Waals surface area contributed by atoms with Crippen LogP contribution in [0.1, 0.15) is 12.8 Å². The summed E-state index contributed by atoms with van der Waals surface area (Å²) in [5.74, 6) is 0.653. The van der Waals surface area contributed by atoms with Crippen molar-refractivity contribution < 1.29 is 13.2 Å². The Morgan fingerprint density at radius 1 is 0.926 bits per heavy atom. The first-order valence-corrected chi connectivity index (χ1v) is 10.5. The standard InChI is InChI=1S/C21H22N2O3S/c1-26-20-11-12-21(19-10-3-2-9-18(19)20)27(24,25)22-16-7-6-8-17(15-16)23-13-4-5-14-23/h2-3,6-12,15,22H,4-5,13-14H2,1H3. The first-order valence-electron chi connectivity index (χ1n) is 9.02. The largest absolute Gasteiger partial charge is 0.496 e. The zero-order chi connectivity index (χ0) is 18.9. The number of nitrogens with one attached hydrogen (secondary N) is 1. The number of hydrogen-bond acceptors (Lipinski definition) is 4. The summed E-state index contributed by atoms with van der Waals surface area (Å²) >= 11 is 0. The van der Waals surface area contributed by atoms with Gasteiger partial charge >= 0.3 is 0 Å². The van der Waals surface area contributed by atoms with Crippen LogP contribution < -0.4 is 14.4 Å². The van der Waals surface area contributed by atoms with Gasteiger partial charge in [-0.2, -0.15) is 0 Å². The summed E-state index contributed by atoms with van der Waals surface area (Å²) in [4.78, 5) is 2.52. The van der Waals surface area contributed by atoms with Gasteiger partial charge in [0.15, 0.2) is 0 Å². The van der Waals surface area contributed by atoms with Crippen LogP contribution >= 0.6 is 0 Å². The van der Waals surface area contributed by atoms with Gasteiger partial charge in [0.1, 0.15) is 5.75 Å². The van der Waals surface area contributed by atoms with Crippen LogP contribution in [0.25, 0.3) is 10.8 Å². The fourth-order valence-electron chi connectivity index (χ4n) is 3.61. The number of hydrogen-bond donors (Lipinski definition) is 1. The third kappa shape index (κ3) is 3.45. The molecular formula is C21H22N2O3S. The number of anilines is 2. The SMILES string of the molecule is COc1ccc(S(=O)(=O)Nc2cccc(N3CCCC3)c2)c2ccccc12. The van der Waals surface area contributed by atoms with E-state index < -0.39 is 10.0 Å². The summed E-state index contributed by atoms with van der Waals surface area (Å²) in [6.45, 7) is 2.03. The molecular weight excluding hydrogens is 360 g/mol. The van der Waals surface area contributed by atoms with Crippen LogP contribution in [-0.4, -0.2) is 28.6 Å². The van der Waals surface area contributed by atoms with Gasteiger partial charge in [0.25, 0.3) is 10.0 Å². The molecule has 0 saturated carbocycles. The molecule has 0 bridgehead atoms. The van der Waals surface area contributed by atoms with Gasteiger partial charge < -0.3 is 9.64 Å². The number of fused-ring (bicyclic) bond motifs is 1. The van der Waals surface area contributed by atoms with Crippen LogP contribution in [-0.2, 0) is 10.0 Å². The van der Waals surface area contributed by atoms with Gasteiger partial charge in [-0.15, -0.1) is 0 Å². The molecule has 1 heterocycles. The van der Waals surface area contributed by atoms with E-state index >= 15 is 0 Å². The van der Waals surface area contributed by atoms with Crippen LogP contribution in [0.4, 0.5) is 11.4 Å². The van der Waals surface area contributed by atoms with Crippen LogP contribution in [0, 0.1) is 0 Å². The molecule has 5 nitrogen and oxygen atoms in total. The Bertz CT molecular complexity index is 1070. The van der Waals surface area contributed by atoms with Crippen molar-refractivity contribution in [1.82, 2.24) is 0 Å². The van der Waals surface area contributed by atoms with Gasteiger partial charge in [0, 0.05) is 29.5 Å². The lowest BCUT2D eigenvalue weighted by molar-refractivity contribution is 0.419. The van der Waals surface area contributed by atoms with Crippen molar-refractivity contribution >= 4 is 32.2 Å². The second-order valence-electron chi connectivity index (χ2n) is 6.66. The van der Waals surface area contributed by atoms with Crippen LogP contribution in [0.3, 0.4) is 0 Å². The fraction of sp³-hybridized carbons (Fsp3) is 0.238. The Balaban J connectivity index is 1.71. The molecule has 0 unspecified atom stereocenters. The molecule has 1 fully saturated rings. The molecule has 140 valence electrons. The Labute approximate surface area is 159 Å². The summed E-state index contributed by atoms with van der Waals surface area (Å²) in [5, 5.41) is 1.41. The van der Waals surface area contributed by atoms with E-state index in [0.29, 0.717) is 16.8 Å². The lowest BCUT2D eigenvalue weighted by Crippen LogP contribution is -2.18. The maximum atomic E-state index is 13.1. The Morgan fingerprint density at radius 2 is 1.67 bits per heavy atom.